The normalized spacial score (nSPS) is 38.8. The lowest BCUT2D eigenvalue weighted by atomic mass is 9.58. The van der Waals surface area contributed by atoms with E-state index in [1.807, 2.05) is 6.92 Å². The minimum absolute atomic E-state index is 0.0883. The van der Waals surface area contributed by atoms with Crippen LogP contribution in [0.1, 0.15) is 47.0 Å². The number of hydrogen-bond donors (Lipinski definition) is 1. The highest BCUT2D eigenvalue weighted by molar-refractivity contribution is 5.75. The molecule has 4 atom stereocenters. The predicted octanol–water partition coefficient (Wildman–Crippen LogP) is 2.27. The van der Waals surface area contributed by atoms with Gasteiger partial charge < -0.3 is 15.4 Å². The molecular formula is C17H32N2O2. The largest absolute Gasteiger partial charge is 0.466 e. The van der Waals surface area contributed by atoms with Crippen LogP contribution in [0.5, 0.6) is 0 Å². The van der Waals surface area contributed by atoms with Gasteiger partial charge in [0.2, 0.25) is 0 Å². The lowest BCUT2D eigenvalue weighted by molar-refractivity contribution is -0.160. The van der Waals surface area contributed by atoms with E-state index in [1.54, 1.807) is 0 Å². The average molecular weight is 296 g/mol. The Balaban J connectivity index is 2.51. The average Bonchev–Trinajstić information content (AvgIpc) is 2.71. The summed E-state index contributed by atoms with van der Waals surface area (Å²) in [4.78, 5) is 14.8. The molecule has 0 saturated heterocycles. The van der Waals surface area contributed by atoms with Gasteiger partial charge in [0.15, 0.2) is 0 Å². The molecule has 0 aliphatic heterocycles. The summed E-state index contributed by atoms with van der Waals surface area (Å²) in [6.45, 7) is 9.74. The quantitative estimate of drug-likeness (QED) is 0.791. The van der Waals surface area contributed by atoms with E-state index < -0.39 is 0 Å². The van der Waals surface area contributed by atoms with Crippen LogP contribution in [0.25, 0.3) is 0 Å². The van der Waals surface area contributed by atoms with Gasteiger partial charge in [-0.2, -0.15) is 0 Å². The third-order valence-corrected chi connectivity index (χ3v) is 7.13. The first kappa shape index (κ1) is 16.8. The number of carbonyl (C=O) groups excluding carboxylic acids is 1. The Labute approximate surface area is 129 Å². The molecule has 122 valence electrons. The highest BCUT2D eigenvalue weighted by Crippen LogP contribution is 2.72. The second-order valence-corrected chi connectivity index (χ2v) is 7.85. The third kappa shape index (κ3) is 1.91. The van der Waals surface area contributed by atoms with Crippen molar-refractivity contribution < 1.29 is 9.53 Å². The van der Waals surface area contributed by atoms with Gasteiger partial charge in [0.05, 0.1) is 12.5 Å². The van der Waals surface area contributed by atoms with Gasteiger partial charge >= 0.3 is 5.97 Å². The molecule has 0 spiro atoms. The SMILES string of the molecule is CCOC(=O)[C@H](CN)[C@]1(N(C)C)C[C@@H]2CC[C@]1(C)C2(C)C. The molecule has 2 aliphatic rings. The van der Waals surface area contributed by atoms with E-state index in [2.05, 4.69) is 39.8 Å². The molecule has 0 aromatic carbocycles. The van der Waals surface area contributed by atoms with Gasteiger partial charge in [0.25, 0.3) is 0 Å². The molecule has 2 bridgehead atoms. The Hall–Kier alpha value is -0.610. The van der Waals surface area contributed by atoms with Crippen LogP contribution in [0.3, 0.4) is 0 Å². The molecule has 4 heteroatoms. The van der Waals surface area contributed by atoms with Gasteiger partial charge in [-0.3, -0.25) is 4.79 Å². The Bertz CT molecular complexity index is 421. The van der Waals surface area contributed by atoms with Gasteiger partial charge in [0, 0.05) is 12.1 Å². The molecular weight excluding hydrogens is 264 g/mol. The van der Waals surface area contributed by atoms with Gasteiger partial charge in [-0.1, -0.05) is 20.8 Å². The number of nitrogens with zero attached hydrogens (tertiary/aromatic N) is 1. The highest BCUT2D eigenvalue weighted by Gasteiger charge is 2.72. The van der Waals surface area contributed by atoms with Crippen LogP contribution < -0.4 is 5.73 Å². The molecule has 2 aliphatic carbocycles. The van der Waals surface area contributed by atoms with Crippen molar-refractivity contribution >= 4 is 5.97 Å². The van der Waals surface area contributed by atoms with Crippen molar-refractivity contribution in [1.82, 2.24) is 4.90 Å². The fraction of sp³-hybridized carbons (Fsp3) is 0.941. The Morgan fingerprint density at radius 2 is 2.00 bits per heavy atom. The van der Waals surface area contributed by atoms with E-state index in [9.17, 15) is 4.79 Å². The van der Waals surface area contributed by atoms with Crippen LogP contribution in [0.4, 0.5) is 0 Å². The molecule has 2 fully saturated rings. The first-order chi connectivity index (χ1) is 9.69. The standard InChI is InChI=1S/C17H32N2O2/c1-7-21-14(20)13(11-18)17(19(5)6)10-12-8-9-16(17,4)15(12,2)3/h12-13H,7-11,18H2,1-6H3/t12-,13-,16+,17+/m0/s1. The molecule has 2 rings (SSSR count). The zero-order valence-corrected chi connectivity index (χ0v) is 14.5. The second-order valence-electron chi connectivity index (χ2n) is 7.85. The Kier molecular flexibility index (Phi) is 4.18. The molecule has 2 N–H and O–H groups in total. The number of rotatable bonds is 5. The molecule has 0 aromatic rings. The van der Waals surface area contributed by atoms with Crippen molar-refractivity contribution in [3.63, 3.8) is 0 Å². The van der Waals surface area contributed by atoms with E-state index in [4.69, 9.17) is 10.5 Å². The molecule has 4 nitrogen and oxygen atoms in total. The predicted molar refractivity (Wildman–Crippen MR) is 84.8 cm³/mol. The number of esters is 1. The number of hydrogen-bond acceptors (Lipinski definition) is 4. The van der Waals surface area contributed by atoms with E-state index in [1.165, 1.54) is 12.8 Å². The lowest BCUT2D eigenvalue weighted by Gasteiger charge is -2.55. The molecule has 0 unspecified atom stereocenters. The summed E-state index contributed by atoms with van der Waals surface area (Å²) in [6.07, 6.45) is 3.47. The van der Waals surface area contributed by atoms with Crippen molar-refractivity contribution in [2.24, 2.45) is 28.4 Å². The minimum atomic E-state index is -0.248. The van der Waals surface area contributed by atoms with Crippen molar-refractivity contribution in [3.8, 4) is 0 Å². The first-order valence-electron chi connectivity index (χ1n) is 8.23. The van der Waals surface area contributed by atoms with E-state index in [0.717, 1.165) is 6.42 Å². The molecule has 0 heterocycles. The zero-order valence-electron chi connectivity index (χ0n) is 14.5. The summed E-state index contributed by atoms with van der Waals surface area (Å²) in [5, 5.41) is 0. The van der Waals surface area contributed by atoms with E-state index in [0.29, 0.717) is 19.1 Å². The summed E-state index contributed by atoms with van der Waals surface area (Å²) in [7, 11) is 4.20. The fourth-order valence-electron chi connectivity index (χ4n) is 5.57. The van der Waals surface area contributed by atoms with Gasteiger partial charge in [0.1, 0.15) is 0 Å². The van der Waals surface area contributed by atoms with Crippen LogP contribution in [-0.4, -0.2) is 43.7 Å². The molecule has 0 aromatic heterocycles. The smallest absolute Gasteiger partial charge is 0.312 e. The van der Waals surface area contributed by atoms with E-state index >= 15 is 0 Å². The number of carbonyl (C=O) groups is 1. The van der Waals surface area contributed by atoms with Crippen molar-refractivity contribution in [3.05, 3.63) is 0 Å². The Morgan fingerprint density at radius 1 is 1.38 bits per heavy atom. The van der Waals surface area contributed by atoms with E-state index in [-0.39, 0.29) is 28.3 Å². The lowest BCUT2D eigenvalue weighted by Crippen LogP contribution is -2.64. The van der Waals surface area contributed by atoms with Crippen LogP contribution in [0.2, 0.25) is 0 Å². The van der Waals surface area contributed by atoms with Crippen molar-refractivity contribution in [2.45, 2.75) is 52.5 Å². The number of fused-ring (bicyclic) bond motifs is 2. The highest BCUT2D eigenvalue weighted by atomic mass is 16.5. The van der Waals surface area contributed by atoms with Gasteiger partial charge in [-0.15, -0.1) is 0 Å². The maximum atomic E-state index is 12.6. The second kappa shape index (κ2) is 5.24. The van der Waals surface area contributed by atoms with Crippen molar-refractivity contribution in [1.29, 1.82) is 0 Å². The minimum Gasteiger partial charge on any atom is -0.466 e. The molecule has 2 saturated carbocycles. The molecule has 0 amide bonds. The van der Waals surface area contributed by atoms with Gasteiger partial charge in [-0.25, -0.2) is 0 Å². The summed E-state index contributed by atoms with van der Waals surface area (Å²) < 4.78 is 5.36. The summed E-state index contributed by atoms with van der Waals surface area (Å²) >= 11 is 0. The van der Waals surface area contributed by atoms with Crippen LogP contribution >= 0.6 is 0 Å². The van der Waals surface area contributed by atoms with Crippen LogP contribution in [0.15, 0.2) is 0 Å². The maximum Gasteiger partial charge on any atom is 0.312 e. The molecule has 0 radical (unpaired) electrons. The summed E-state index contributed by atoms with van der Waals surface area (Å²) in [5.74, 6) is 0.286. The molecule has 21 heavy (non-hydrogen) atoms. The van der Waals surface area contributed by atoms with Crippen LogP contribution in [0, 0.1) is 22.7 Å². The van der Waals surface area contributed by atoms with Crippen LogP contribution in [-0.2, 0) is 9.53 Å². The zero-order chi connectivity index (χ0) is 16.1. The summed E-state index contributed by atoms with van der Waals surface area (Å²) in [5.41, 5.74) is 6.19. The summed E-state index contributed by atoms with van der Waals surface area (Å²) in [6, 6.07) is 0. The fourth-order valence-corrected chi connectivity index (χ4v) is 5.57. The number of ether oxygens (including phenoxy) is 1. The number of nitrogens with two attached hydrogens (primary N) is 1. The monoisotopic (exact) mass is 296 g/mol. The topological polar surface area (TPSA) is 55.6 Å². The van der Waals surface area contributed by atoms with Gasteiger partial charge in [-0.05, 0) is 57.0 Å². The van der Waals surface area contributed by atoms with Crippen molar-refractivity contribution in [2.75, 3.05) is 27.2 Å². The first-order valence-corrected chi connectivity index (χ1v) is 8.23. The Morgan fingerprint density at radius 3 is 2.33 bits per heavy atom. The third-order valence-electron chi connectivity index (χ3n) is 7.13. The maximum absolute atomic E-state index is 12.6.